The second-order valence-corrected chi connectivity index (χ2v) is 15.8. The average Bonchev–Trinajstić information content (AvgIpc) is 2.18. The summed E-state index contributed by atoms with van der Waals surface area (Å²) in [5.41, 5.74) is 0. The molecular weight excluding hydrogens is 267 g/mol. The number of rotatable bonds is 3. The van der Waals surface area contributed by atoms with Crippen LogP contribution in [0.3, 0.4) is 0 Å². The maximum atomic E-state index is 13.4. The number of halogens is 5. The molecule has 1 nitrogen and oxygen atoms in total. The lowest BCUT2D eigenvalue weighted by Crippen LogP contribution is -2.68. The molecule has 0 fully saturated rings. The molecule has 1 unspecified atom stereocenters. The molecule has 1 aromatic rings. The highest BCUT2D eigenvalue weighted by molar-refractivity contribution is 7.57. The molecule has 1 rings (SSSR count). The van der Waals surface area contributed by atoms with Crippen LogP contribution in [0.1, 0.15) is 0 Å². The molecule has 0 spiro atoms. The minimum atomic E-state index is -6.42. The SMILES string of the molecule is O[Si](F)(c1ccccc1)[Si](F)(F)[SiH](F)F. The lowest BCUT2D eigenvalue weighted by Gasteiger charge is -2.21. The summed E-state index contributed by atoms with van der Waals surface area (Å²) in [6.07, 6.45) is 0. The minimum Gasteiger partial charge on any atom is -0.403 e. The van der Waals surface area contributed by atoms with Gasteiger partial charge >= 0.3 is 24.9 Å². The maximum absolute atomic E-state index is 13.4. The van der Waals surface area contributed by atoms with E-state index in [0.717, 1.165) is 12.1 Å². The third kappa shape index (κ3) is 2.19. The second-order valence-electron chi connectivity index (χ2n) is 2.91. The number of hydrogen-bond acceptors (Lipinski definition) is 1. The van der Waals surface area contributed by atoms with Crippen molar-refractivity contribution in [2.45, 2.75) is 0 Å². The van der Waals surface area contributed by atoms with Crippen LogP contribution in [0.5, 0.6) is 0 Å². The van der Waals surface area contributed by atoms with E-state index in [1.807, 2.05) is 0 Å². The monoisotopic (exact) mass is 274 g/mol. The Morgan fingerprint density at radius 1 is 1.00 bits per heavy atom. The van der Waals surface area contributed by atoms with Gasteiger partial charge in [0.15, 0.2) is 0 Å². The zero-order valence-corrected chi connectivity index (χ0v) is 10.5. The van der Waals surface area contributed by atoms with Crippen molar-refractivity contribution in [2.24, 2.45) is 0 Å². The Kier molecular flexibility index (Phi) is 3.48. The summed E-state index contributed by atoms with van der Waals surface area (Å²) in [5, 5.41) is -0.672. The summed E-state index contributed by atoms with van der Waals surface area (Å²) in [5.74, 6) is 0. The van der Waals surface area contributed by atoms with E-state index in [-0.39, 0.29) is 0 Å². The minimum absolute atomic E-state index is 0.672. The van der Waals surface area contributed by atoms with Crippen molar-refractivity contribution in [2.75, 3.05) is 0 Å². The molecule has 0 saturated heterocycles. The van der Waals surface area contributed by atoms with Crippen molar-refractivity contribution in [1.82, 2.24) is 0 Å². The molecule has 1 aromatic carbocycles. The van der Waals surface area contributed by atoms with Gasteiger partial charge in [0.1, 0.15) is 0 Å². The van der Waals surface area contributed by atoms with Gasteiger partial charge in [0, 0.05) is 0 Å². The van der Waals surface area contributed by atoms with E-state index in [1.54, 1.807) is 0 Å². The van der Waals surface area contributed by atoms with Crippen molar-refractivity contribution in [3.8, 4) is 0 Å². The predicted octanol–water partition coefficient (Wildman–Crippen LogP) is 0.995. The quantitative estimate of drug-likeness (QED) is 0.495. The van der Waals surface area contributed by atoms with E-state index in [9.17, 15) is 20.5 Å². The zero-order valence-electron chi connectivity index (χ0n) is 7.30. The molecule has 0 aromatic heterocycles. The van der Waals surface area contributed by atoms with Crippen molar-refractivity contribution < 1.29 is 25.3 Å². The van der Waals surface area contributed by atoms with Crippen LogP contribution in [0.15, 0.2) is 30.3 Å². The molecule has 1 N–H and O–H groups in total. The third-order valence-electron chi connectivity index (χ3n) is 1.87. The second kappa shape index (κ2) is 4.15. The van der Waals surface area contributed by atoms with Gasteiger partial charge in [0.25, 0.3) is 0 Å². The summed E-state index contributed by atoms with van der Waals surface area (Å²) >= 11 is 0. The van der Waals surface area contributed by atoms with E-state index in [4.69, 9.17) is 4.80 Å². The molecule has 84 valence electrons. The first-order chi connectivity index (χ1) is 6.80. The number of hydrogen-bond donors (Lipinski definition) is 1. The number of benzene rings is 1. The average molecular weight is 274 g/mol. The Balaban J connectivity index is 3.13. The fraction of sp³-hybridized carbons (Fsp3) is 0. The van der Waals surface area contributed by atoms with Crippen molar-refractivity contribution in [3.05, 3.63) is 30.3 Å². The van der Waals surface area contributed by atoms with Crippen LogP contribution < -0.4 is 5.19 Å². The van der Waals surface area contributed by atoms with Crippen molar-refractivity contribution >= 4 is 30.1 Å². The summed E-state index contributed by atoms with van der Waals surface area (Å²) in [6.45, 7) is 0. The highest BCUT2D eigenvalue weighted by Crippen LogP contribution is 2.25. The Morgan fingerprint density at radius 3 is 1.87 bits per heavy atom. The summed E-state index contributed by atoms with van der Waals surface area (Å²) in [4.78, 5) is 9.02. The van der Waals surface area contributed by atoms with Crippen LogP contribution in [-0.4, -0.2) is 29.7 Å². The van der Waals surface area contributed by atoms with Crippen LogP contribution in [0.4, 0.5) is 20.5 Å². The molecule has 15 heavy (non-hydrogen) atoms. The predicted molar refractivity (Wildman–Crippen MR) is 52.5 cm³/mol. The molecule has 0 bridgehead atoms. The van der Waals surface area contributed by atoms with Crippen molar-refractivity contribution in [1.29, 1.82) is 0 Å². The first kappa shape index (κ1) is 12.5. The lowest BCUT2D eigenvalue weighted by molar-refractivity contribution is 0.468. The van der Waals surface area contributed by atoms with Crippen LogP contribution in [0.2, 0.25) is 0 Å². The molecular formula is C6H7F5OSi3. The zero-order chi connectivity index (χ0) is 11.7. The molecule has 0 saturated carbocycles. The standard InChI is InChI=1S/C6H7F5OSi3/c7-13(8)15(10,11)14(9,12)6-4-2-1-3-5-6/h1-5,12-13H. The molecule has 0 aliphatic carbocycles. The topological polar surface area (TPSA) is 20.2 Å². The Morgan fingerprint density at radius 2 is 1.47 bits per heavy atom. The molecule has 0 amide bonds. The summed E-state index contributed by atoms with van der Waals surface area (Å²) in [6, 6.07) is 5.72. The molecule has 0 aliphatic rings. The maximum Gasteiger partial charge on any atom is 0.524 e. The van der Waals surface area contributed by atoms with Gasteiger partial charge in [-0.25, -0.2) is 0 Å². The lowest BCUT2D eigenvalue weighted by atomic mass is 10.4. The Bertz CT molecular complexity index is 331. The highest BCUT2D eigenvalue weighted by Gasteiger charge is 2.72. The van der Waals surface area contributed by atoms with Gasteiger partial charge in [-0.15, -0.1) is 0 Å². The molecule has 1 atom stereocenters. The van der Waals surface area contributed by atoms with Gasteiger partial charge in [-0.3, -0.25) is 20.5 Å². The van der Waals surface area contributed by atoms with Crippen LogP contribution in [0, 0.1) is 0 Å². The van der Waals surface area contributed by atoms with Crippen LogP contribution in [0.25, 0.3) is 0 Å². The fourth-order valence-corrected chi connectivity index (χ4v) is 8.93. The summed E-state index contributed by atoms with van der Waals surface area (Å²) in [7, 11) is -17.6. The molecule has 0 radical (unpaired) electrons. The van der Waals surface area contributed by atoms with E-state index in [2.05, 4.69) is 0 Å². The largest absolute Gasteiger partial charge is 0.524 e. The van der Waals surface area contributed by atoms with Gasteiger partial charge in [-0.2, -0.15) is 0 Å². The van der Waals surface area contributed by atoms with Crippen molar-refractivity contribution in [3.63, 3.8) is 0 Å². The van der Waals surface area contributed by atoms with Gasteiger partial charge in [0.05, 0.1) is 0 Å². The van der Waals surface area contributed by atoms with Gasteiger partial charge in [-0.05, 0) is 5.19 Å². The first-order valence-electron chi connectivity index (χ1n) is 3.93. The molecule has 0 heterocycles. The third-order valence-corrected chi connectivity index (χ3v) is 15.0. The van der Waals surface area contributed by atoms with Gasteiger partial charge in [-0.1, -0.05) is 30.3 Å². The smallest absolute Gasteiger partial charge is 0.403 e. The van der Waals surface area contributed by atoms with E-state index >= 15 is 0 Å². The van der Waals surface area contributed by atoms with Crippen LogP contribution >= 0.6 is 0 Å². The van der Waals surface area contributed by atoms with Crippen LogP contribution in [-0.2, 0) is 0 Å². The highest BCUT2D eigenvalue weighted by atomic mass is 29.7. The Hall–Kier alpha value is -0.519. The van der Waals surface area contributed by atoms with Gasteiger partial charge in [0.2, 0.25) is 0 Å². The van der Waals surface area contributed by atoms with E-state index in [1.165, 1.54) is 18.2 Å². The van der Waals surface area contributed by atoms with E-state index < -0.39 is 30.1 Å². The van der Waals surface area contributed by atoms with E-state index in [0.29, 0.717) is 0 Å². The first-order valence-corrected chi connectivity index (χ1v) is 11.2. The summed E-state index contributed by atoms with van der Waals surface area (Å²) < 4.78 is 63.4. The fourth-order valence-electron chi connectivity index (χ4n) is 0.996. The van der Waals surface area contributed by atoms with Gasteiger partial charge < -0.3 is 4.80 Å². The molecule has 0 aliphatic heterocycles. The normalized spacial score (nSPS) is 16.5. The molecule has 9 heteroatoms. The Labute approximate surface area is 86.4 Å².